The summed E-state index contributed by atoms with van der Waals surface area (Å²) in [6, 6.07) is 0. The van der Waals surface area contributed by atoms with Crippen LogP contribution in [0.25, 0.3) is 0 Å². The first-order valence-corrected chi connectivity index (χ1v) is 9.34. The van der Waals surface area contributed by atoms with Crippen molar-refractivity contribution in [1.29, 1.82) is 0 Å². The third-order valence-electron chi connectivity index (χ3n) is 2.36. The Bertz CT molecular complexity index is 312. The first kappa shape index (κ1) is 21.7. The first-order chi connectivity index (χ1) is 10.8. The summed E-state index contributed by atoms with van der Waals surface area (Å²) >= 11 is 3.69. The average molecular weight is 347 g/mol. The van der Waals surface area contributed by atoms with Crippen LogP contribution in [-0.2, 0) is 18.9 Å². The highest BCUT2D eigenvalue weighted by Gasteiger charge is 2.10. The van der Waals surface area contributed by atoms with Crippen LogP contribution in [0.2, 0.25) is 0 Å². The smallest absolute Gasteiger partial charge is 0.107 e. The third kappa shape index (κ3) is 16.0. The van der Waals surface area contributed by atoms with E-state index in [4.69, 9.17) is 31.8 Å². The van der Waals surface area contributed by atoms with Gasteiger partial charge in [-0.25, -0.2) is 0 Å². The lowest BCUT2D eigenvalue weighted by atomic mass is 10.5. The predicted molar refractivity (Wildman–Crippen MR) is 95.6 cm³/mol. The number of rotatable bonds is 16. The highest BCUT2D eigenvalue weighted by atomic mass is 32.2. The van der Waals surface area contributed by atoms with E-state index in [1.54, 1.807) is 7.11 Å². The Morgan fingerprint density at radius 1 is 0.909 bits per heavy atom. The van der Waals surface area contributed by atoms with Crippen LogP contribution in [0, 0.1) is 24.7 Å². The minimum absolute atomic E-state index is 0.372. The van der Waals surface area contributed by atoms with Crippen molar-refractivity contribution in [2.45, 2.75) is 5.25 Å². The fourth-order valence-electron chi connectivity index (χ4n) is 1.37. The molecule has 0 saturated heterocycles. The normalized spacial score (nSPS) is 11.8. The molecule has 126 valence electrons. The van der Waals surface area contributed by atoms with Crippen molar-refractivity contribution >= 4 is 23.5 Å². The van der Waals surface area contributed by atoms with Gasteiger partial charge in [0.05, 0.1) is 33.0 Å². The van der Waals surface area contributed by atoms with E-state index < -0.39 is 0 Å². The number of methoxy groups -OCH3 is 1. The van der Waals surface area contributed by atoms with Crippen LogP contribution in [0.15, 0.2) is 0 Å². The Kier molecular flexibility index (Phi) is 18.4. The Balaban J connectivity index is 3.75. The molecular formula is C16H26O4S2. The maximum atomic E-state index is 5.62. The van der Waals surface area contributed by atoms with Crippen molar-refractivity contribution in [3.63, 3.8) is 0 Å². The summed E-state index contributed by atoms with van der Waals surface area (Å²) in [6.07, 6.45) is 10.3. The molecule has 0 rings (SSSR count). The summed E-state index contributed by atoms with van der Waals surface area (Å²) in [5, 5.41) is 0.420. The molecule has 4 nitrogen and oxygen atoms in total. The van der Waals surface area contributed by atoms with Gasteiger partial charge in [0, 0.05) is 29.6 Å². The van der Waals surface area contributed by atoms with Gasteiger partial charge in [0.1, 0.15) is 13.2 Å². The molecule has 0 aromatic carbocycles. The molecular weight excluding hydrogens is 320 g/mol. The summed E-state index contributed by atoms with van der Waals surface area (Å²) in [7, 11) is 1.67. The summed E-state index contributed by atoms with van der Waals surface area (Å²) < 4.78 is 21.1. The molecule has 0 saturated carbocycles. The molecule has 0 aliphatic heterocycles. The Labute approximate surface area is 143 Å². The molecule has 0 radical (unpaired) electrons. The van der Waals surface area contributed by atoms with Crippen LogP contribution >= 0.6 is 23.5 Å². The lowest BCUT2D eigenvalue weighted by Crippen LogP contribution is -2.19. The predicted octanol–water partition coefficient (Wildman–Crippen LogP) is 1.78. The minimum atomic E-state index is 0.372. The van der Waals surface area contributed by atoms with Crippen molar-refractivity contribution in [3.8, 4) is 24.7 Å². The second-order valence-electron chi connectivity index (χ2n) is 4.15. The van der Waals surface area contributed by atoms with Gasteiger partial charge < -0.3 is 18.9 Å². The van der Waals surface area contributed by atoms with Gasteiger partial charge >= 0.3 is 0 Å². The molecule has 0 spiro atoms. The molecule has 0 fully saturated rings. The van der Waals surface area contributed by atoms with E-state index in [-0.39, 0.29) is 0 Å². The minimum Gasteiger partial charge on any atom is -0.382 e. The highest BCUT2D eigenvalue weighted by Crippen LogP contribution is 2.17. The topological polar surface area (TPSA) is 36.9 Å². The van der Waals surface area contributed by atoms with Crippen LogP contribution in [-0.4, -0.2) is 75.9 Å². The largest absolute Gasteiger partial charge is 0.382 e. The van der Waals surface area contributed by atoms with E-state index in [1.165, 1.54) is 0 Å². The molecule has 6 heteroatoms. The first-order valence-electron chi connectivity index (χ1n) is 7.13. The van der Waals surface area contributed by atoms with Crippen LogP contribution in [0.1, 0.15) is 0 Å². The van der Waals surface area contributed by atoms with Crippen LogP contribution in [0.5, 0.6) is 0 Å². The maximum Gasteiger partial charge on any atom is 0.107 e. The zero-order valence-electron chi connectivity index (χ0n) is 13.3. The number of hydrogen-bond acceptors (Lipinski definition) is 6. The molecule has 0 heterocycles. The van der Waals surface area contributed by atoms with Crippen molar-refractivity contribution in [2.75, 3.05) is 70.6 Å². The highest BCUT2D eigenvalue weighted by molar-refractivity contribution is 8.03. The third-order valence-corrected chi connectivity index (χ3v) is 4.84. The van der Waals surface area contributed by atoms with Gasteiger partial charge in [0.25, 0.3) is 0 Å². The second kappa shape index (κ2) is 18.7. The van der Waals surface area contributed by atoms with Gasteiger partial charge in [-0.1, -0.05) is 11.8 Å². The lowest BCUT2D eigenvalue weighted by Gasteiger charge is -2.16. The molecule has 0 aliphatic carbocycles. The molecule has 0 bridgehead atoms. The van der Waals surface area contributed by atoms with Crippen molar-refractivity contribution in [3.05, 3.63) is 0 Å². The van der Waals surface area contributed by atoms with Gasteiger partial charge in [0.15, 0.2) is 0 Å². The van der Waals surface area contributed by atoms with Crippen LogP contribution < -0.4 is 0 Å². The zero-order valence-corrected chi connectivity index (χ0v) is 14.9. The van der Waals surface area contributed by atoms with E-state index in [9.17, 15) is 0 Å². The van der Waals surface area contributed by atoms with Crippen LogP contribution in [0.3, 0.4) is 0 Å². The number of terminal acetylenes is 2. The van der Waals surface area contributed by atoms with Gasteiger partial charge in [0.2, 0.25) is 0 Å². The van der Waals surface area contributed by atoms with Gasteiger partial charge in [-0.15, -0.1) is 12.8 Å². The number of hydrogen-bond donors (Lipinski definition) is 0. The van der Waals surface area contributed by atoms with Gasteiger partial charge in [-0.3, -0.25) is 0 Å². The molecule has 0 aromatic rings. The SMILES string of the molecule is C#CCOCCSCC(COCCOC)SCCOCC#C. The Morgan fingerprint density at radius 3 is 2.23 bits per heavy atom. The van der Waals surface area contributed by atoms with E-state index in [0.29, 0.717) is 51.5 Å². The maximum absolute atomic E-state index is 5.62. The molecule has 0 N–H and O–H groups in total. The molecule has 1 unspecified atom stereocenters. The zero-order chi connectivity index (χ0) is 16.3. The summed E-state index contributed by atoms with van der Waals surface area (Å²) in [4.78, 5) is 0. The van der Waals surface area contributed by atoms with Crippen molar-refractivity contribution in [2.24, 2.45) is 0 Å². The molecule has 0 aliphatic rings. The summed E-state index contributed by atoms with van der Waals surface area (Å²) in [5.41, 5.74) is 0. The fourth-order valence-corrected chi connectivity index (χ4v) is 3.54. The standard InChI is InChI=1S/C16H26O4S2/c1-4-6-18-10-12-21-15-16(14-20-9-8-17-3)22-13-11-19-7-5-2/h1-2,16H,6-15H2,3H3. The number of ether oxygens (including phenoxy) is 4. The van der Waals surface area contributed by atoms with E-state index in [1.807, 2.05) is 23.5 Å². The van der Waals surface area contributed by atoms with Gasteiger partial charge in [-0.2, -0.15) is 23.5 Å². The second-order valence-corrected chi connectivity index (χ2v) is 6.71. The van der Waals surface area contributed by atoms with E-state index >= 15 is 0 Å². The monoisotopic (exact) mass is 346 g/mol. The van der Waals surface area contributed by atoms with E-state index in [0.717, 1.165) is 17.3 Å². The van der Waals surface area contributed by atoms with Crippen molar-refractivity contribution in [1.82, 2.24) is 0 Å². The van der Waals surface area contributed by atoms with E-state index in [2.05, 4.69) is 11.8 Å². The van der Waals surface area contributed by atoms with Crippen molar-refractivity contribution < 1.29 is 18.9 Å². The quantitative estimate of drug-likeness (QED) is 0.313. The van der Waals surface area contributed by atoms with Gasteiger partial charge in [-0.05, 0) is 0 Å². The lowest BCUT2D eigenvalue weighted by molar-refractivity contribution is 0.0729. The number of thioether (sulfide) groups is 2. The average Bonchev–Trinajstić information content (AvgIpc) is 2.53. The molecule has 22 heavy (non-hydrogen) atoms. The fraction of sp³-hybridized carbons (Fsp3) is 0.750. The Morgan fingerprint density at radius 2 is 1.59 bits per heavy atom. The Hall–Kier alpha value is -0.340. The summed E-state index contributed by atoms with van der Waals surface area (Å²) in [6.45, 7) is 4.05. The van der Waals surface area contributed by atoms with Crippen LogP contribution in [0.4, 0.5) is 0 Å². The summed E-state index contributed by atoms with van der Waals surface area (Å²) in [5.74, 6) is 7.77. The molecule has 0 aromatic heterocycles. The molecule has 0 amide bonds. The molecule has 1 atom stereocenters.